The van der Waals surface area contributed by atoms with Crippen LogP contribution in [0.2, 0.25) is 36.3 Å². The van der Waals surface area contributed by atoms with Gasteiger partial charge < -0.3 is 23.9 Å². The van der Waals surface area contributed by atoms with Gasteiger partial charge in [0.15, 0.2) is 28.0 Å². The molecule has 0 aliphatic carbocycles. The minimum atomic E-state index is -4.77. The van der Waals surface area contributed by atoms with Gasteiger partial charge in [-0.25, -0.2) is 9.69 Å². The number of benzene rings is 4. The molecular formula is C52H58F6N10O5Si2. The van der Waals surface area contributed by atoms with Gasteiger partial charge in [-0.15, -0.1) is 10.2 Å². The van der Waals surface area contributed by atoms with Gasteiger partial charge in [-0.3, -0.25) is 20.4 Å². The predicted octanol–water partition coefficient (Wildman–Crippen LogP) is 13.5. The second-order valence-electron chi connectivity index (χ2n) is 20.4. The number of hydrogen-bond donors (Lipinski definition) is 4. The number of nitriles is 2. The van der Waals surface area contributed by atoms with E-state index >= 15 is 0 Å². The summed E-state index contributed by atoms with van der Waals surface area (Å²) in [5.74, 6) is -1.07. The van der Waals surface area contributed by atoms with Crippen LogP contribution in [0.15, 0.2) is 89.3 Å². The van der Waals surface area contributed by atoms with Crippen LogP contribution in [-0.4, -0.2) is 56.9 Å². The SMILES string of the molecule is [C-]#[N+]c1ccc(N[C@@H](C(=O)NNC(=O)c2ccc(C#N)cc2)[C@@H](C)O[Si](C)(C)C(C)(C)C)cc1C(F)(F)F.[C-]#[N+]c1ccc(N[C@@H](c2nnc(-c3ccc(C#N)cc3)o2)[C@@H](C)O[Si](C)(C)C(C)(C)C)cc1C(F)(F)F. The van der Waals surface area contributed by atoms with Crippen molar-refractivity contribution in [3.8, 4) is 23.6 Å². The van der Waals surface area contributed by atoms with Gasteiger partial charge in [-0.05, 0) is 123 Å². The van der Waals surface area contributed by atoms with Crippen LogP contribution in [0.25, 0.3) is 21.1 Å². The summed E-state index contributed by atoms with van der Waals surface area (Å²) in [5.41, 5.74) is 3.05. The van der Waals surface area contributed by atoms with Crippen molar-refractivity contribution < 1.29 is 49.2 Å². The Bertz CT molecular complexity index is 3000. The highest BCUT2D eigenvalue weighted by molar-refractivity contribution is 6.74. The van der Waals surface area contributed by atoms with E-state index in [9.17, 15) is 35.9 Å². The molecule has 0 radical (unpaired) electrons. The van der Waals surface area contributed by atoms with E-state index in [4.69, 9.17) is 36.9 Å². The first kappa shape index (κ1) is 60.0. The molecule has 75 heavy (non-hydrogen) atoms. The number of hydrogen-bond acceptors (Lipinski definition) is 11. The zero-order chi connectivity index (χ0) is 56.5. The summed E-state index contributed by atoms with van der Waals surface area (Å²) in [4.78, 5) is 31.6. The molecule has 15 nitrogen and oxygen atoms in total. The number of aromatic nitrogens is 2. The number of alkyl halides is 6. The molecule has 5 aromatic rings. The maximum atomic E-state index is 13.6. The number of rotatable bonds is 14. The van der Waals surface area contributed by atoms with Crippen LogP contribution in [0.3, 0.4) is 0 Å². The third-order valence-electron chi connectivity index (χ3n) is 12.8. The molecule has 4 N–H and O–H groups in total. The molecular weight excluding hydrogens is 1010 g/mol. The van der Waals surface area contributed by atoms with Gasteiger partial charge in [0.25, 0.3) is 11.8 Å². The number of nitrogens with zero attached hydrogens (tertiary/aromatic N) is 6. The van der Waals surface area contributed by atoms with Gasteiger partial charge in [-0.2, -0.15) is 36.9 Å². The highest BCUT2D eigenvalue weighted by Gasteiger charge is 2.43. The molecule has 5 rings (SSSR count). The standard InChI is InChI=1S/C26H30F3N5O3Si.C26H28F3N5O2Si/c1-16(37-38(6,7)25(2,3)4)22(32-19-12-13-21(31-5)20(14-19)26(27,28)29)24(36)34-33-23(35)18-10-8-17(15-30)9-11-18;1-16(36-37(6,7)25(2,3)4)22(32-19-12-13-21(31-5)20(14-19)26(27,28)29)24-34-33-23(35-24)18-10-8-17(15-30)9-11-18/h8-14,16,22,32H,1-4,6-7H3,(H,33,35)(H,34,36);8-14,16,22,32H,1-4,6-7H3/t2*16-,22-/m11/s1. The highest BCUT2D eigenvalue weighted by atomic mass is 28.4. The normalized spacial score (nSPS) is 13.7. The summed E-state index contributed by atoms with van der Waals surface area (Å²) in [6, 6.07) is 20.8. The summed E-state index contributed by atoms with van der Waals surface area (Å²) in [6.07, 6.45) is -10.8. The van der Waals surface area contributed by atoms with E-state index in [1.165, 1.54) is 36.4 Å². The molecule has 4 aromatic carbocycles. The van der Waals surface area contributed by atoms with Gasteiger partial charge in [-0.1, -0.05) is 53.7 Å². The topological polar surface area (TPSA) is 196 Å². The van der Waals surface area contributed by atoms with Crippen LogP contribution in [0.5, 0.6) is 0 Å². The number of carbonyl (C=O) groups is 2. The van der Waals surface area contributed by atoms with Crippen molar-refractivity contribution in [2.24, 2.45) is 0 Å². The van der Waals surface area contributed by atoms with E-state index < -0.39 is 87.6 Å². The smallest absolute Gasteiger partial charge is 0.407 e. The lowest BCUT2D eigenvalue weighted by atomic mass is 10.1. The molecule has 0 saturated carbocycles. The molecule has 0 aliphatic rings. The van der Waals surface area contributed by atoms with Gasteiger partial charge in [0.05, 0.1) is 59.7 Å². The number of halogens is 6. The fraction of sp³-hybridized carbons (Fsp3) is 0.385. The fourth-order valence-electron chi connectivity index (χ4n) is 6.58. The van der Waals surface area contributed by atoms with Crippen LogP contribution in [0, 0.1) is 35.8 Å². The van der Waals surface area contributed by atoms with Gasteiger partial charge in [0, 0.05) is 22.5 Å². The molecule has 0 spiro atoms. The molecule has 0 fully saturated rings. The minimum Gasteiger partial charge on any atom is -0.418 e. The number of nitrogens with one attached hydrogen (secondary N) is 4. The Morgan fingerprint density at radius 1 is 0.653 bits per heavy atom. The van der Waals surface area contributed by atoms with Crippen molar-refractivity contribution in [3.05, 3.63) is 141 Å². The maximum absolute atomic E-state index is 13.6. The van der Waals surface area contributed by atoms with Crippen LogP contribution in [0.1, 0.15) is 99.9 Å². The summed E-state index contributed by atoms with van der Waals surface area (Å²) < 4.78 is 100. The van der Waals surface area contributed by atoms with Gasteiger partial charge in [0.1, 0.15) is 12.1 Å². The van der Waals surface area contributed by atoms with Crippen molar-refractivity contribution in [3.63, 3.8) is 0 Å². The lowest BCUT2D eigenvalue weighted by Gasteiger charge is -2.40. The Labute approximate surface area is 434 Å². The largest absolute Gasteiger partial charge is 0.418 e. The van der Waals surface area contributed by atoms with E-state index in [1.54, 1.807) is 31.2 Å². The van der Waals surface area contributed by atoms with Crippen molar-refractivity contribution in [2.45, 2.75) is 128 Å². The van der Waals surface area contributed by atoms with E-state index in [0.717, 1.165) is 24.3 Å². The number of carbonyl (C=O) groups excluding carboxylic acids is 2. The summed E-state index contributed by atoms with van der Waals surface area (Å²) in [5, 5.41) is 31.7. The number of hydrazine groups is 1. The molecule has 2 amide bonds. The Morgan fingerprint density at radius 3 is 1.52 bits per heavy atom. The summed E-state index contributed by atoms with van der Waals surface area (Å²) in [7, 11) is -4.69. The molecule has 0 unspecified atom stereocenters. The number of anilines is 2. The highest BCUT2D eigenvalue weighted by Crippen LogP contribution is 2.43. The Hall–Kier alpha value is -7.55. The zero-order valence-electron chi connectivity index (χ0n) is 43.4. The molecule has 0 bridgehead atoms. The zero-order valence-corrected chi connectivity index (χ0v) is 45.4. The summed E-state index contributed by atoms with van der Waals surface area (Å²) >= 11 is 0. The first-order valence-electron chi connectivity index (χ1n) is 23.2. The van der Waals surface area contributed by atoms with Crippen molar-refractivity contribution in [2.75, 3.05) is 10.6 Å². The Balaban J connectivity index is 0.000000325. The molecule has 1 heterocycles. The van der Waals surface area contributed by atoms with E-state index in [2.05, 4.69) is 75.2 Å². The van der Waals surface area contributed by atoms with Gasteiger partial charge >= 0.3 is 12.4 Å². The molecule has 0 saturated heterocycles. The van der Waals surface area contributed by atoms with Crippen LogP contribution < -0.4 is 21.5 Å². The van der Waals surface area contributed by atoms with Crippen LogP contribution in [-0.2, 0) is 26.0 Å². The second kappa shape index (κ2) is 23.8. The van der Waals surface area contributed by atoms with E-state index in [-0.39, 0.29) is 38.8 Å². The van der Waals surface area contributed by atoms with E-state index in [0.29, 0.717) is 16.7 Å². The monoisotopic (exact) mass is 1070 g/mol. The quantitative estimate of drug-likeness (QED) is 0.0357. The molecule has 4 atom stereocenters. The average molecular weight is 1070 g/mol. The lowest BCUT2D eigenvalue weighted by molar-refractivity contribution is -0.137. The number of amides is 2. The third kappa shape index (κ3) is 15.7. The fourth-order valence-corrected chi connectivity index (χ4v) is 9.42. The molecule has 0 aliphatic heterocycles. The first-order valence-corrected chi connectivity index (χ1v) is 29.0. The maximum Gasteiger partial charge on any atom is 0.407 e. The van der Waals surface area contributed by atoms with Gasteiger partial charge in [0.2, 0.25) is 11.8 Å². The Morgan fingerprint density at radius 2 is 1.09 bits per heavy atom. The van der Waals surface area contributed by atoms with Crippen molar-refractivity contribution >= 4 is 51.2 Å². The van der Waals surface area contributed by atoms with Crippen LogP contribution in [0.4, 0.5) is 49.1 Å². The minimum absolute atomic E-state index is 0.0472. The average Bonchev–Trinajstić information content (AvgIpc) is 3.82. The molecule has 396 valence electrons. The first-order chi connectivity index (χ1) is 34.7. The molecule has 1 aromatic heterocycles. The lowest BCUT2D eigenvalue weighted by Crippen LogP contribution is -2.55. The van der Waals surface area contributed by atoms with Crippen LogP contribution >= 0.6 is 0 Å². The van der Waals surface area contributed by atoms with Crippen molar-refractivity contribution in [1.29, 1.82) is 10.5 Å². The summed E-state index contributed by atoms with van der Waals surface area (Å²) in [6.45, 7) is 37.9. The molecule has 23 heteroatoms. The van der Waals surface area contributed by atoms with E-state index in [1.807, 2.05) is 52.9 Å². The second-order valence-corrected chi connectivity index (χ2v) is 29.9. The third-order valence-corrected chi connectivity index (χ3v) is 22.0. The predicted molar refractivity (Wildman–Crippen MR) is 276 cm³/mol. The van der Waals surface area contributed by atoms with Crippen molar-refractivity contribution in [1.82, 2.24) is 21.0 Å². The Kier molecular flexibility index (Phi) is 19.0.